The van der Waals surface area contributed by atoms with E-state index < -0.39 is 0 Å². The first kappa shape index (κ1) is 16.3. The molecule has 0 fully saturated rings. The molecule has 1 atom stereocenters. The number of unbranched alkanes of at least 4 members (excludes halogenated alkanes) is 5. The van der Waals surface area contributed by atoms with Crippen LogP contribution in [0.1, 0.15) is 64.0 Å². The minimum absolute atomic E-state index is 0.0416. The highest BCUT2D eigenvalue weighted by Gasteiger charge is 2.06. The van der Waals surface area contributed by atoms with E-state index in [9.17, 15) is 0 Å². The van der Waals surface area contributed by atoms with Crippen molar-refractivity contribution in [2.75, 3.05) is 6.61 Å². The fourth-order valence-corrected chi connectivity index (χ4v) is 2.38. The molecule has 0 heterocycles. The maximum atomic E-state index is 6.16. The van der Waals surface area contributed by atoms with E-state index in [1.807, 2.05) is 25.1 Å². The number of ether oxygens (including phenoxy) is 1. The summed E-state index contributed by atoms with van der Waals surface area (Å²) in [6, 6.07) is 5.71. The van der Waals surface area contributed by atoms with Crippen LogP contribution in [0, 0.1) is 0 Å². The quantitative estimate of drug-likeness (QED) is 0.640. The predicted octanol–water partition coefficient (Wildman–Crippen LogP) is 5.10. The standard InChI is InChI=1S/C16H26ClNO/c1-3-4-5-6-7-8-11-19-14-9-10-15(13(2)18)16(17)12-14/h9-10,12-13H,3-8,11,18H2,1-2H3. The van der Waals surface area contributed by atoms with Crippen molar-refractivity contribution in [2.45, 2.75) is 58.4 Å². The van der Waals surface area contributed by atoms with Crippen LogP contribution in [0.4, 0.5) is 0 Å². The third-order valence-electron chi connectivity index (χ3n) is 3.23. The van der Waals surface area contributed by atoms with Crippen LogP contribution >= 0.6 is 11.6 Å². The topological polar surface area (TPSA) is 35.2 Å². The van der Waals surface area contributed by atoms with E-state index in [4.69, 9.17) is 22.1 Å². The van der Waals surface area contributed by atoms with Gasteiger partial charge in [0.05, 0.1) is 6.61 Å². The van der Waals surface area contributed by atoms with Crippen molar-refractivity contribution in [3.63, 3.8) is 0 Å². The van der Waals surface area contributed by atoms with Crippen molar-refractivity contribution in [3.8, 4) is 5.75 Å². The first-order valence-electron chi connectivity index (χ1n) is 7.33. The van der Waals surface area contributed by atoms with E-state index in [0.29, 0.717) is 5.02 Å². The van der Waals surface area contributed by atoms with Crippen LogP contribution in [0.15, 0.2) is 18.2 Å². The van der Waals surface area contributed by atoms with Gasteiger partial charge in [0.25, 0.3) is 0 Å². The van der Waals surface area contributed by atoms with Gasteiger partial charge in [-0.05, 0) is 31.0 Å². The lowest BCUT2D eigenvalue weighted by molar-refractivity contribution is 0.304. The Morgan fingerprint density at radius 3 is 2.47 bits per heavy atom. The summed E-state index contributed by atoms with van der Waals surface area (Å²) in [6.07, 6.45) is 7.63. The molecule has 0 bridgehead atoms. The van der Waals surface area contributed by atoms with Crippen LogP contribution in [0.2, 0.25) is 5.02 Å². The Hall–Kier alpha value is -0.730. The lowest BCUT2D eigenvalue weighted by Gasteiger charge is -2.11. The van der Waals surface area contributed by atoms with E-state index >= 15 is 0 Å². The Bertz CT molecular complexity index is 366. The average Bonchev–Trinajstić information content (AvgIpc) is 2.37. The van der Waals surface area contributed by atoms with Crippen LogP contribution in [0.3, 0.4) is 0 Å². The smallest absolute Gasteiger partial charge is 0.120 e. The van der Waals surface area contributed by atoms with E-state index in [1.165, 1.54) is 32.1 Å². The molecule has 0 saturated heterocycles. The molecule has 19 heavy (non-hydrogen) atoms. The highest BCUT2D eigenvalue weighted by atomic mass is 35.5. The van der Waals surface area contributed by atoms with Crippen molar-refractivity contribution in [1.29, 1.82) is 0 Å². The lowest BCUT2D eigenvalue weighted by atomic mass is 10.1. The molecule has 0 spiro atoms. The SMILES string of the molecule is CCCCCCCCOc1ccc(C(C)N)c(Cl)c1. The van der Waals surface area contributed by atoms with E-state index in [1.54, 1.807) is 0 Å². The molecule has 0 aliphatic heterocycles. The number of rotatable bonds is 9. The fourth-order valence-electron chi connectivity index (χ4n) is 2.04. The first-order chi connectivity index (χ1) is 9.15. The molecular formula is C16H26ClNO. The Kier molecular flexibility index (Phi) is 7.92. The zero-order valence-corrected chi connectivity index (χ0v) is 12.9. The van der Waals surface area contributed by atoms with Crippen LogP contribution < -0.4 is 10.5 Å². The maximum absolute atomic E-state index is 6.16. The van der Waals surface area contributed by atoms with Gasteiger partial charge in [-0.3, -0.25) is 0 Å². The normalized spacial score (nSPS) is 12.4. The predicted molar refractivity (Wildman–Crippen MR) is 82.9 cm³/mol. The number of hydrogen-bond donors (Lipinski definition) is 1. The molecule has 0 radical (unpaired) electrons. The van der Waals surface area contributed by atoms with Gasteiger partial charge in [0.2, 0.25) is 0 Å². The zero-order valence-electron chi connectivity index (χ0n) is 12.1. The number of benzene rings is 1. The summed E-state index contributed by atoms with van der Waals surface area (Å²) in [7, 11) is 0. The van der Waals surface area contributed by atoms with Crippen LogP contribution in [-0.4, -0.2) is 6.61 Å². The average molecular weight is 284 g/mol. The lowest BCUT2D eigenvalue weighted by Crippen LogP contribution is -2.06. The Balaban J connectivity index is 2.25. The van der Waals surface area contributed by atoms with Crippen molar-refractivity contribution in [1.82, 2.24) is 0 Å². The first-order valence-corrected chi connectivity index (χ1v) is 7.70. The molecule has 0 aliphatic carbocycles. The van der Waals surface area contributed by atoms with Gasteiger partial charge < -0.3 is 10.5 Å². The highest BCUT2D eigenvalue weighted by molar-refractivity contribution is 6.31. The second-order valence-electron chi connectivity index (χ2n) is 5.09. The number of nitrogens with two attached hydrogens (primary N) is 1. The Labute approximate surface area is 122 Å². The summed E-state index contributed by atoms with van der Waals surface area (Å²) >= 11 is 6.16. The fraction of sp³-hybridized carbons (Fsp3) is 0.625. The summed E-state index contributed by atoms with van der Waals surface area (Å²) in [5, 5.41) is 0.690. The largest absolute Gasteiger partial charge is 0.494 e. The molecule has 0 aliphatic rings. The summed E-state index contributed by atoms with van der Waals surface area (Å²) in [6.45, 7) is 4.93. The van der Waals surface area contributed by atoms with E-state index in [2.05, 4.69) is 6.92 Å². The Morgan fingerprint density at radius 2 is 1.84 bits per heavy atom. The van der Waals surface area contributed by atoms with Crippen molar-refractivity contribution in [3.05, 3.63) is 28.8 Å². The van der Waals surface area contributed by atoms with Gasteiger partial charge in [0.1, 0.15) is 5.75 Å². The summed E-state index contributed by atoms with van der Waals surface area (Å²) in [4.78, 5) is 0. The molecule has 2 N–H and O–H groups in total. The van der Waals surface area contributed by atoms with Crippen molar-refractivity contribution >= 4 is 11.6 Å². The van der Waals surface area contributed by atoms with E-state index in [0.717, 1.165) is 24.3 Å². The van der Waals surface area contributed by atoms with Crippen LogP contribution in [0.25, 0.3) is 0 Å². The van der Waals surface area contributed by atoms with E-state index in [-0.39, 0.29) is 6.04 Å². The van der Waals surface area contributed by atoms with Gasteiger partial charge in [0, 0.05) is 11.1 Å². The second kappa shape index (κ2) is 9.22. The molecule has 1 aromatic rings. The minimum Gasteiger partial charge on any atom is -0.494 e. The van der Waals surface area contributed by atoms with Crippen molar-refractivity contribution < 1.29 is 4.74 Å². The highest BCUT2D eigenvalue weighted by Crippen LogP contribution is 2.26. The molecular weight excluding hydrogens is 258 g/mol. The van der Waals surface area contributed by atoms with Gasteiger partial charge in [0.15, 0.2) is 0 Å². The number of halogens is 1. The third-order valence-corrected chi connectivity index (χ3v) is 3.56. The third kappa shape index (κ3) is 6.31. The monoisotopic (exact) mass is 283 g/mol. The van der Waals surface area contributed by atoms with Gasteiger partial charge in [-0.15, -0.1) is 0 Å². The van der Waals surface area contributed by atoms with Gasteiger partial charge >= 0.3 is 0 Å². The summed E-state index contributed by atoms with van der Waals surface area (Å²) < 4.78 is 5.70. The molecule has 2 nitrogen and oxygen atoms in total. The zero-order chi connectivity index (χ0) is 14.1. The van der Waals surface area contributed by atoms with Gasteiger partial charge in [-0.1, -0.05) is 56.7 Å². The van der Waals surface area contributed by atoms with Crippen LogP contribution in [0.5, 0.6) is 5.75 Å². The molecule has 1 unspecified atom stereocenters. The molecule has 108 valence electrons. The maximum Gasteiger partial charge on any atom is 0.120 e. The minimum atomic E-state index is -0.0416. The van der Waals surface area contributed by atoms with Crippen LogP contribution in [-0.2, 0) is 0 Å². The molecule has 0 amide bonds. The molecule has 3 heteroatoms. The van der Waals surface area contributed by atoms with Gasteiger partial charge in [-0.2, -0.15) is 0 Å². The second-order valence-corrected chi connectivity index (χ2v) is 5.50. The molecule has 0 saturated carbocycles. The van der Waals surface area contributed by atoms with Gasteiger partial charge in [-0.25, -0.2) is 0 Å². The number of hydrogen-bond acceptors (Lipinski definition) is 2. The molecule has 1 aromatic carbocycles. The Morgan fingerprint density at radius 1 is 1.16 bits per heavy atom. The van der Waals surface area contributed by atoms with Crippen molar-refractivity contribution in [2.24, 2.45) is 5.73 Å². The molecule has 0 aromatic heterocycles. The summed E-state index contributed by atoms with van der Waals surface area (Å²) in [5.41, 5.74) is 6.79. The summed E-state index contributed by atoms with van der Waals surface area (Å²) in [5.74, 6) is 0.836. The molecule has 1 rings (SSSR count).